The molecule has 0 fully saturated rings. The van der Waals surface area contributed by atoms with Gasteiger partial charge in [-0.15, -0.1) is 0 Å². The number of rotatable bonds is 1. The summed E-state index contributed by atoms with van der Waals surface area (Å²) in [6, 6.07) is 0. The van der Waals surface area contributed by atoms with Gasteiger partial charge in [-0.1, -0.05) is 34.2 Å². The first kappa shape index (κ1) is 7.07. The fourth-order valence-corrected chi connectivity index (χ4v) is 1.53. The highest BCUT2D eigenvalue weighted by atomic mass is 79.9. The van der Waals surface area contributed by atoms with E-state index < -0.39 is 0 Å². The maximum absolute atomic E-state index is 3.28. The van der Waals surface area contributed by atoms with Crippen molar-refractivity contribution >= 4 is 15.9 Å². The first-order valence-electron chi connectivity index (χ1n) is 3.35. The lowest BCUT2D eigenvalue weighted by Crippen LogP contribution is -1.97. The number of hydrogen-bond donors (Lipinski definition) is 0. The van der Waals surface area contributed by atoms with Crippen LogP contribution >= 0.6 is 15.9 Å². The summed E-state index contributed by atoms with van der Waals surface area (Å²) in [7, 11) is 0. The van der Waals surface area contributed by atoms with Crippen molar-refractivity contribution in [3.8, 4) is 0 Å². The zero-order valence-corrected chi connectivity index (χ0v) is 6.97. The number of halogens is 1. The van der Waals surface area contributed by atoms with Gasteiger partial charge >= 0.3 is 0 Å². The third kappa shape index (κ3) is 2.35. The molecule has 50 valence electrons. The Kier molecular flexibility index (Phi) is 3.05. The molecule has 0 aliphatic heterocycles. The number of hydrogen-bond acceptors (Lipinski definition) is 0. The molecule has 1 atom stereocenters. The normalized spacial score (nSPS) is 27.4. The van der Waals surface area contributed by atoms with Gasteiger partial charge in [0.05, 0.1) is 0 Å². The van der Waals surface area contributed by atoms with Crippen LogP contribution in [0.3, 0.4) is 0 Å². The Labute approximate surface area is 64.8 Å². The van der Waals surface area contributed by atoms with Crippen LogP contribution in [0.25, 0.3) is 0 Å². The predicted octanol–water partition coefficient (Wildman–Crippen LogP) is 3.25. The summed E-state index contributed by atoms with van der Waals surface area (Å²) in [5.41, 5.74) is 0. The highest BCUT2D eigenvalue weighted by molar-refractivity contribution is 9.11. The van der Waals surface area contributed by atoms with E-state index in [2.05, 4.69) is 34.2 Å². The van der Waals surface area contributed by atoms with Crippen molar-refractivity contribution in [2.24, 2.45) is 5.92 Å². The van der Waals surface area contributed by atoms with Crippen LogP contribution in [-0.4, -0.2) is 0 Å². The molecule has 0 saturated heterocycles. The van der Waals surface area contributed by atoms with E-state index in [0.717, 1.165) is 5.92 Å². The van der Waals surface area contributed by atoms with E-state index in [0.29, 0.717) is 0 Å². The maximum Gasteiger partial charge on any atom is -0.0188 e. The molecule has 0 amide bonds. The Morgan fingerprint density at radius 1 is 1.44 bits per heavy atom. The van der Waals surface area contributed by atoms with Gasteiger partial charge in [-0.25, -0.2) is 0 Å². The lowest BCUT2D eigenvalue weighted by molar-refractivity contribution is 0.584. The van der Waals surface area contributed by atoms with E-state index >= 15 is 0 Å². The monoisotopic (exact) mass is 186 g/mol. The fourth-order valence-electron chi connectivity index (χ4n) is 1.09. The molecule has 0 saturated carbocycles. The molecule has 0 N–H and O–H groups in total. The number of allylic oxidation sites excluding steroid dienone is 3. The summed E-state index contributed by atoms with van der Waals surface area (Å²) in [6.45, 7) is 0. The van der Waals surface area contributed by atoms with Crippen molar-refractivity contribution in [1.82, 2.24) is 0 Å². The van der Waals surface area contributed by atoms with Gasteiger partial charge in [-0.05, 0) is 30.2 Å². The Bertz CT molecular complexity index is 125. The average molecular weight is 187 g/mol. The molecule has 0 spiro atoms. The summed E-state index contributed by atoms with van der Waals surface area (Å²) in [5.74, 6) is 0.786. The van der Waals surface area contributed by atoms with E-state index in [-0.39, 0.29) is 0 Å². The van der Waals surface area contributed by atoms with Crippen LogP contribution in [0.2, 0.25) is 0 Å². The van der Waals surface area contributed by atoms with Gasteiger partial charge < -0.3 is 0 Å². The van der Waals surface area contributed by atoms with Gasteiger partial charge in [0.1, 0.15) is 0 Å². The van der Waals surface area contributed by atoms with Crippen molar-refractivity contribution in [3.05, 3.63) is 23.2 Å². The SMILES string of the molecule is Br/C=C/C1CC=CCC1. The Morgan fingerprint density at radius 3 is 2.89 bits per heavy atom. The molecule has 1 unspecified atom stereocenters. The standard InChI is InChI=1S/C8H11Br/c9-7-6-8-4-2-1-3-5-8/h1-2,6-8H,3-5H2/b7-6+. The van der Waals surface area contributed by atoms with Gasteiger partial charge in [-0.2, -0.15) is 0 Å². The van der Waals surface area contributed by atoms with E-state index in [1.54, 1.807) is 0 Å². The lowest BCUT2D eigenvalue weighted by atomic mass is 9.95. The fraction of sp³-hybridized carbons (Fsp3) is 0.500. The minimum atomic E-state index is 0.786. The third-order valence-electron chi connectivity index (χ3n) is 1.65. The van der Waals surface area contributed by atoms with E-state index in [9.17, 15) is 0 Å². The second-order valence-electron chi connectivity index (χ2n) is 2.36. The smallest absolute Gasteiger partial charge is 0.0188 e. The second-order valence-corrected chi connectivity index (χ2v) is 2.89. The molecule has 9 heavy (non-hydrogen) atoms. The quantitative estimate of drug-likeness (QED) is 0.552. The van der Waals surface area contributed by atoms with Crippen LogP contribution in [0.15, 0.2) is 23.2 Å². The average Bonchev–Trinajstić information content (AvgIpc) is 1.91. The molecular weight excluding hydrogens is 176 g/mol. The zero-order chi connectivity index (χ0) is 6.53. The summed E-state index contributed by atoms with van der Waals surface area (Å²) in [4.78, 5) is 1.97. The van der Waals surface area contributed by atoms with Crippen LogP contribution in [-0.2, 0) is 0 Å². The first-order chi connectivity index (χ1) is 4.43. The lowest BCUT2D eigenvalue weighted by Gasteiger charge is -2.11. The largest absolute Gasteiger partial charge is 0.0885 e. The molecule has 0 aromatic carbocycles. The molecule has 0 bridgehead atoms. The molecule has 1 rings (SSSR count). The molecule has 1 heteroatoms. The maximum atomic E-state index is 3.28. The molecule has 0 aromatic heterocycles. The molecule has 0 radical (unpaired) electrons. The van der Waals surface area contributed by atoms with Crippen LogP contribution in [0.4, 0.5) is 0 Å². The summed E-state index contributed by atoms with van der Waals surface area (Å²) < 4.78 is 0. The van der Waals surface area contributed by atoms with Crippen molar-refractivity contribution in [1.29, 1.82) is 0 Å². The zero-order valence-electron chi connectivity index (χ0n) is 5.39. The van der Waals surface area contributed by atoms with Crippen LogP contribution in [0.1, 0.15) is 19.3 Å². The topological polar surface area (TPSA) is 0 Å². The predicted molar refractivity (Wildman–Crippen MR) is 44.5 cm³/mol. The molecule has 1 aliphatic rings. The van der Waals surface area contributed by atoms with Gasteiger partial charge in [0.2, 0.25) is 0 Å². The van der Waals surface area contributed by atoms with Crippen molar-refractivity contribution in [3.63, 3.8) is 0 Å². The van der Waals surface area contributed by atoms with Crippen LogP contribution < -0.4 is 0 Å². The van der Waals surface area contributed by atoms with E-state index in [4.69, 9.17) is 0 Å². The van der Waals surface area contributed by atoms with Crippen LogP contribution in [0, 0.1) is 5.92 Å². The molecule has 0 nitrogen and oxygen atoms in total. The Morgan fingerprint density at radius 2 is 2.33 bits per heavy atom. The highest BCUT2D eigenvalue weighted by Gasteiger charge is 2.03. The summed E-state index contributed by atoms with van der Waals surface area (Å²) >= 11 is 3.28. The van der Waals surface area contributed by atoms with Crippen molar-refractivity contribution < 1.29 is 0 Å². The van der Waals surface area contributed by atoms with Gasteiger partial charge in [0.25, 0.3) is 0 Å². The molecule has 1 aliphatic carbocycles. The van der Waals surface area contributed by atoms with E-state index in [1.807, 2.05) is 4.99 Å². The molecule has 0 aromatic rings. The first-order valence-corrected chi connectivity index (χ1v) is 4.27. The summed E-state index contributed by atoms with van der Waals surface area (Å²) in [5, 5.41) is 0. The molecule has 0 heterocycles. The van der Waals surface area contributed by atoms with Crippen molar-refractivity contribution in [2.45, 2.75) is 19.3 Å². The Balaban J connectivity index is 2.35. The van der Waals surface area contributed by atoms with E-state index in [1.165, 1.54) is 19.3 Å². The van der Waals surface area contributed by atoms with Gasteiger partial charge in [0, 0.05) is 0 Å². The second kappa shape index (κ2) is 3.89. The Hall–Kier alpha value is -0.0400. The third-order valence-corrected chi connectivity index (χ3v) is 1.96. The van der Waals surface area contributed by atoms with Gasteiger partial charge in [0.15, 0.2) is 0 Å². The minimum absolute atomic E-state index is 0.786. The minimum Gasteiger partial charge on any atom is -0.0885 e. The highest BCUT2D eigenvalue weighted by Crippen LogP contribution is 2.19. The molecular formula is C8H11Br. The van der Waals surface area contributed by atoms with Crippen molar-refractivity contribution in [2.75, 3.05) is 0 Å². The summed E-state index contributed by atoms with van der Waals surface area (Å²) in [6.07, 6.45) is 10.5. The van der Waals surface area contributed by atoms with Crippen LogP contribution in [0.5, 0.6) is 0 Å². The van der Waals surface area contributed by atoms with Gasteiger partial charge in [-0.3, -0.25) is 0 Å².